The van der Waals surface area contributed by atoms with Gasteiger partial charge in [-0.05, 0) is 31.3 Å². The Morgan fingerprint density at radius 1 is 1.50 bits per heavy atom. The molecule has 14 heavy (non-hydrogen) atoms. The number of aryl methyl sites for hydroxylation is 1. The van der Waals surface area contributed by atoms with Gasteiger partial charge in [0.05, 0.1) is 5.60 Å². The summed E-state index contributed by atoms with van der Waals surface area (Å²) in [7, 11) is 0. The molecule has 0 saturated heterocycles. The van der Waals surface area contributed by atoms with Crippen LogP contribution in [0.3, 0.4) is 0 Å². The Balaban J connectivity index is 1.87. The van der Waals surface area contributed by atoms with Crippen molar-refractivity contribution in [1.29, 1.82) is 0 Å². The van der Waals surface area contributed by atoms with Crippen LogP contribution in [0.25, 0.3) is 0 Å². The fourth-order valence-corrected chi connectivity index (χ4v) is 3.51. The Labute approximate surface area is 92.1 Å². The molecule has 0 atom stereocenters. The van der Waals surface area contributed by atoms with Crippen LogP contribution >= 0.6 is 23.3 Å². The highest BCUT2D eigenvalue weighted by atomic mass is 32.2. The second kappa shape index (κ2) is 4.16. The summed E-state index contributed by atoms with van der Waals surface area (Å²) in [6, 6.07) is 0. The van der Waals surface area contributed by atoms with Crippen LogP contribution < -0.4 is 0 Å². The topological polar surface area (TPSA) is 46.0 Å². The molecular formula is C9H14N2OS2. The summed E-state index contributed by atoms with van der Waals surface area (Å²) in [6.45, 7) is 1.89. The van der Waals surface area contributed by atoms with Crippen LogP contribution in [0.5, 0.6) is 0 Å². The highest BCUT2D eigenvalue weighted by Gasteiger charge is 2.31. The molecule has 1 aliphatic rings. The van der Waals surface area contributed by atoms with Crippen LogP contribution in [0, 0.1) is 6.92 Å². The van der Waals surface area contributed by atoms with E-state index in [1.165, 1.54) is 11.5 Å². The van der Waals surface area contributed by atoms with Crippen molar-refractivity contribution < 1.29 is 5.11 Å². The number of thioether (sulfide) groups is 1. The van der Waals surface area contributed by atoms with Gasteiger partial charge in [-0.3, -0.25) is 0 Å². The first-order valence-electron chi connectivity index (χ1n) is 4.83. The maximum absolute atomic E-state index is 10.1. The maximum atomic E-state index is 10.1. The first-order chi connectivity index (χ1) is 6.68. The van der Waals surface area contributed by atoms with E-state index in [0.29, 0.717) is 0 Å². The van der Waals surface area contributed by atoms with Crippen molar-refractivity contribution in [1.82, 2.24) is 9.36 Å². The van der Waals surface area contributed by atoms with E-state index in [2.05, 4.69) is 9.36 Å². The Hall–Kier alpha value is -0.130. The summed E-state index contributed by atoms with van der Waals surface area (Å²) in [5.41, 5.74) is -0.440. The molecule has 1 aromatic heterocycles. The third-order valence-corrected chi connectivity index (χ3v) is 4.71. The van der Waals surface area contributed by atoms with E-state index in [0.717, 1.165) is 41.6 Å². The first kappa shape index (κ1) is 10.4. The number of nitrogens with zero attached hydrogens (tertiary/aromatic N) is 2. The van der Waals surface area contributed by atoms with Gasteiger partial charge in [0.1, 0.15) is 5.82 Å². The molecule has 1 aromatic rings. The van der Waals surface area contributed by atoms with Gasteiger partial charge < -0.3 is 5.11 Å². The molecule has 0 unspecified atom stereocenters. The number of rotatable bonds is 3. The largest absolute Gasteiger partial charge is 0.389 e. The predicted molar refractivity (Wildman–Crippen MR) is 58.8 cm³/mol. The average Bonchev–Trinajstić information content (AvgIpc) is 2.73. The minimum absolute atomic E-state index is 0.440. The van der Waals surface area contributed by atoms with Gasteiger partial charge in [-0.25, -0.2) is 4.98 Å². The summed E-state index contributed by atoms with van der Waals surface area (Å²) in [5.74, 6) is 1.60. The summed E-state index contributed by atoms with van der Waals surface area (Å²) in [6.07, 6.45) is 4.20. The summed E-state index contributed by atoms with van der Waals surface area (Å²) < 4.78 is 5.09. The zero-order chi connectivity index (χ0) is 10.0. The van der Waals surface area contributed by atoms with E-state index < -0.39 is 5.60 Å². The normalized spacial score (nSPS) is 20.1. The van der Waals surface area contributed by atoms with Crippen molar-refractivity contribution in [2.45, 2.75) is 42.5 Å². The van der Waals surface area contributed by atoms with Crippen molar-refractivity contribution in [2.24, 2.45) is 0 Å². The Morgan fingerprint density at radius 3 is 2.79 bits per heavy atom. The molecule has 5 heteroatoms. The lowest BCUT2D eigenvalue weighted by atomic mass is 10.1. The average molecular weight is 230 g/mol. The molecule has 1 N–H and O–H groups in total. The van der Waals surface area contributed by atoms with E-state index in [9.17, 15) is 5.11 Å². The number of aromatic nitrogens is 2. The monoisotopic (exact) mass is 230 g/mol. The fourth-order valence-electron chi connectivity index (χ4n) is 1.71. The lowest BCUT2D eigenvalue weighted by Gasteiger charge is -2.20. The van der Waals surface area contributed by atoms with Crippen molar-refractivity contribution in [3.05, 3.63) is 5.82 Å². The lowest BCUT2D eigenvalue weighted by molar-refractivity contribution is 0.0732. The number of aliphatic hydroxyl groups is 1. The summed E-state index contributed by atoms with van der Waals surface area (Å²) in [5, 5.41) is 10.1. The Morgan fingerprint density at radius 2 is 2.21 bits per heavy atom. The minimum atomic E-state index is -0.440. The fraction of sp³-hybridized carbons (Fsp3) is 0.778. The summed E-state index contributed by atoms with van der Waals surface area (Å²) in [4.78, 5) is 4.26. The molecular weight excluding hydrogens is 216 g/mol. The van der Waals surface area contributed by atoms with Gasteiger partial charge in [0.15, 0.2) is 4.34 Å². The van der Waals surface area contributed by atoms with Crippen molar-refractivity contribution in [3.8, 4) is 0 Å². The molecule has 0 spiro atoms. The van der Waals surface area contributed by atoms with Gasteiger partial charge in [-0.2, -0.15) is 4.37 Å². The molecule has 3 nitrogen and oxygen atoms in total. The molecule has 0 amide bonds. The van der Waals surface area contributed by atoms with Crippen molar-refractivity contribution in [2.75, 3.05) is 5.75 Å². The van der Waals surface area contributed by atoms with Gasteiger partial charge in [0.2, 0.25) is 0 Å². The van der Waals surface area contributed by atoms with Crippen molar-refractivity contribution >= 4 is 23.3 Å². The Bertz CT molecular complexity index is 308. The smallest absolute Gasteiger partial charge is 0.170 e. The van der Waals surface area contributed by atoms with E-state index in [4.69, 9.17) is 0 Å². The molecule has 0 aromatic carbocycles. The molecule has 0 bridgehead atoms. The SMILES string of the molecule is Cc1nsc(SCC2(O)CCCC2)n1. The van der Waals surface area contributed by atoms with Crippen LogP contribution in [0.15, 0.2) is 4.34 Å². The lowest BCUT2D eigenvalue weighted by Crippen LogP contribution is -2.26. The molecule has 1 fully saturated rings. The second-order valence-electron chi connectivity index (χ2n) is 3.83. The van der Waals surface area contributed by atoms with Crippen LogP contribution in [0.4, 0.5) is 0 Å². The highest BCUT2D eigenvalue weighted by molar-refractivity contribution is 8.01. The zero-order valence-corrected chi connectivity index (χ0v) is 9.83. The molecule has 1 saturated carbocycles. The van der Waals surface area contributed by atoms with Gasteiger partial charge >= 0.3 is 0 Å². The van der Waals surface area contributed by atoms with Gasteiger partial charge in [0.25, 0.3) is 0 Å². The quantitative estimate of drug-likeness (QED) is 0.809. The predicted octanol–water partition coefficient (Wildman–Crippen LogP) is 2.24. The van der Waals surface area contributed by atoms with E-state index >= 15 is 0 Å². The van der Waals surface area contributed by atoms with Crippen LogP contribution in [0.2, 0.25) is 0 Å². The Kier molecular flexibility index (Phi) is 3.09. The summed E-state index contributed by atoms with van der Waals surface area (Å²) >= 11 is 3.05. The molecule has 2 rings (SSSR count). The minimum Gasteiger partial charge on any atom is -0.389 e. The van der Waals surface area contributed by atoms with Crippen LogP contribution in [0.1, 0.15) is 31.5 Å². The molecule has 0 radical (unpaired) electrons. The third kappa shape index (κ3) is 2.46. The number of hydrogen-bond acceptors (Lipinski definition) is 5. The van der Waals surface area contributed by atoms with Crippen molar-refractivity contribution in [3.63, 3.8) is 0 Å². The molecule has 1 heterocycles. The standard InChI is InChI=1S/C9H14N2OS2/c1-7-10-8(14-11-7)13-6-9(12)4-2-3-5-9/h12H,2-6H2,1H3. The van der Waals surface area contributed by atoms with Gasteiger partial charge in [-0.15, -0.1) is 0 Å². The van der Waals surface area contributed by atoms with Crippen LogP contribution in [-0.4, -0.2) is 25.8 Å². The molecule has 0 aliphatic heterocycles. The highest BCUT2D eigenvalue weighted by Crippen LogP contribution is 2.34. The molecule has 78 valence electrons. The third-order valence-electron chi connectivity index (χ3n) is 2.51. The van der Waals surface area contributed by atoms with E-state index in [1.54, 1.807) is 11.8 Å². The van der Waals surface area contributed by atoms with E-state index in [1.807, 2.05) is 6.92 Å². The van der Waals surface area contributed by atoms with Gasteiger partial charge in [0, 0.05) is 5.75 Å². The van der Waals surface area contributed by atoms with E-state index in [-0.39, 0.29) is 0 Å². The first-order valence-corrected chi connectivity index (χ1v) is 6.59. The maximum Gasteiger partial charge on any atom is 0.170 e. The van der Waals surface area contributed by atoms with Gasteiger partial charge in [-0.1, -0.05) is 24.6 Å². The molecule has 1 aliphatic carbocycles. The van der Waals surface area contributed by atoms with Crippen LogP contribution in [-0.2, 0) is 0 Å². The zero-order valence-electron chi connectivity index (χ0n) is 8.19. The number of hydrogen-bond donors (Lipinski definition) is 1. The second-order valence-corrected chi connectivity index (χ2v) is 5.80.